The normalized spacial score (nSPS) is 12.9. The topological polar surface area (TPSA) is 29.5 Å². The van der Waals surface area contributed by atoms with E-state index in [1.54, 1.807) is 0 Å². The second kappa shape index (κ2) is 5.10. The number of alkyl halides is 1. The number of ether oxygens (including phenoxy) is 1. The van der Waals surface area contributed by atoms with Crippen LogP contribution in [0.1, 0.15) is 17.4 Å². The van der Waals surface area contributed by atoms with Gasteiger partial charge in [-0.1, -0.05) is 37.9 Å². The van der Waals surface area contributed by atoms with Gasteiger partial charge in [0.15, 0.2) is 6.29 Å². The molecule has 0 heterocycles. The molecule has 1 aromatic carbocycles. The van der Waals surface area contributed by atoms with Crippen LogP contribution in [-0.4, -0.2) is 12.2 Å². The smallest absolute Gasteiger partial charge is 0.181 e. The highest BCUT2D eigenvalue weighted by atomic mass is 79.9. The van der Waals surface area contributed by atoms with Gasteiger partial charge in [0.1, 0.15) is 0 Å². The van der Waals surface area contributed by atoms with Gasteiger partial charge in [-0.15, -0.1) is 0 Å². The van der Waals surface area contributed by atoms with Crippen molar-refractivity contribution in [2.75, 3.05) is 7.11 Å². The van der Waals surface area contributed by atoms with Crippen LogP contribution in [0.2, 0.25) is 0 Å². The molecule has 0 fully saturated rings. The second-order valence-corrected chi connectivity index (χ2v) is 4.04. The van der Waals surface area contributed by atoms with E-state index in [-0.39, 0.29) is 0 Å². The van der Waals surface area contributed by atoms with E-state index >= 15 is 0 Å². The van der Waals surface area contributed by atoms with E-state index in [0.29, 0.717) is 5.33 Å². The summed E-state index contributed by atoms with van der Waals surface area (Å²) >= 11 is 6.69. The lowest BCUT2D eigenvalue weighted by molar-refractivity contribution is -0.0773. The molecule has 1 N–H and O–H groups in total. The third-order valence-electron chi connectivity index (χ3n) is 1.74. The van der Waals surface area contributed by atoms with Crippen molar-refractivity contribution in [3.8, 4) is 0 Å². The van der Waals surface area contributed by atoms with Gasteiger partial charge in [-0.05, 0) is 17.7 Å². The van der Waals surface area contributed by atoms with E-state index < -0.39 is 6.29 Å². The predicted octanol–water partition coefficient (Wildman–Crippen LogP) is 2.98. The molecule has 0 radical (unpaired) electrons. The molecular formula is C9H10Br2O2. The molecule has 1 aromatic rings. The van der Waals surface area contributed by atoms with Crippen LogP contribution in [0.15, 0.2) is 22.7 Å². The first-order valence-electron chi connectivity index (χ1n) is 3.74. The summed E-state index contributed by atoms with van der Waals surface area (Å²) in [6, 6.07) is 5.73. The number of rotatable bonds is 3. The van der Waals surface area contributed by atoms with Gasteiger partial charge in [0, 0.05) is 22.5 Å². The first kappa shape index (κ1) is 11.2. The molecule has 0 aliphatic heterocycles. The van der Waals surface area contributed by atoms with Gasteiger partial charge < -0.3 is 9.84 Å². The summed E-state index contributed by atoms with van der Waals surface area (Å²) in [5.74, 6) is 0. The minimum atomic E-state index is -0.856. The Morgan fingerprint density at radius 2 is 2.23 bits per heavy atom. The van der Waals surface area contributed by atoms with Crippen molar-refractivity contribution in [2.24, 2.45) is 0 Å². The number of halogens is 2. The number of aliphatic hydroxyl groups excluding tert-OH is 1. The van der Waals surface area contributed by atoms with Crippen molar-refractivity contribution >= 4 is 31.9 Å². The second-order valence-electron chi connectivity index (χ2n) is 2.56. The molecule has 0 spiro atoms. The Balaban J connectivity index is 3.07. The van der Waals surface area contributed by atoms with Gasteiger partial charge in [0.05, 0.1) is 0 Å². The van der Waals surface area contributed by atoms with E-state index in [1.807, 2.05) is 18.2 Å². The fourth-order valence-corrected chi connectivity index (χ4v) is 1.93. The zero-order chi connectivity index (χ0) is 9.84. The Morgan fingerprint density at radius 1 is 1.54 bits per heavy atom. The fourth-order valence-electron chi connectivity index (χ4n) is 1.04. The molecule has 0 aliphatic rings. The fraction of sp³-hybridized carbons (Fsp3) is 0.333. The molecule has 0 aliphatic carbocycles. The number of methoxy groups -OCH3 is 1. The minimum absolute atomic E-state index is 0.704. The minimum Gasteiger partial charge on any atom is -0.364 e. The molecule has 0 amide bonds. The molecule has 1 rings (SSSR count). The first-order chi connectivity index (χ1) is 6.19. The summed E-state index contributed by atoms with van der Waals surface area (Å²) in [6.45, 7) is 0. The average molecular weight is 310 g/mol. The summed E-state index contributed by atoms with van der Waals surface area (Å²) in [6.07, 6.45) is -0.856. The standard InChI is InChI=1S/C9H10Br2O2/c1-13-9(12)8-4-7(11)3-2-6(8)5-10/h2-4,9,12H,5H2,1H3. The van der Waals surface area contributed by atoms with Crippen molar-refractivity contribution in [2.45, 2.75) is 11.6 Å². The van der Waals surface area contributed by atoms with Crippen LogP contribution >= 0.6 is 31.9 Å². The van der Waals surface area contributed by atoms with Gasteiger partial charge in [-0.2, -0.15) is 0 Å². The lowest BCUT2D eigenvalue weighted by atomic mass is 10.1. The number of benzene rings is 1. The summed E-state index contributed by atoms with van der Waals surface area (Å²) in [5, 5.41) is 10.2. The van der Waals surface area contributed by atoms with Gasteiger partial charge in [-0.25, -0.2) is 0 Å². The van der Waals surface area contributed by atoms with Crippen LogP contribution in [-0.2, 0) is 10.1 Å². The molecule has 0 bridgehead atoms. The molecule has 0 aromatic heterocycles. The van der Waals surface area contributed by atoms with Crippen LogP contribution in [0, 0.1) is 0 Å². The molecule has 0 saturated heterocycles. The zero-order valence-electron chi connectivity index (χ0n) is 7.13. The third-order valence-corrected chi connectivity index (χ3v) is 2.84. The van der Waals surface area contributed by atoms with E-state index in [4.69, 9.17) is 4.74 Å². The maximum atomic E-state index is 9.50. The van der Waals surface area contributed by atoms with Crippen molar-refractivity contribution in [3.05, 3.63) is 33.8 Å². The van der Waals surface area contributed by atoms with Crippen molar-refractivity contribution in [1.82, 2.24) is 0 Å². The summed E-state index contributed by atoms with van der Waals surface area (Å²) < 4.78 is 5.78. The lowest BCUT2D eigenvalue weighted by Crippen LogP contribution is -2.02. The van der Waals surface area contributed by atoms with Crippen molar-refractivity contribution < 1.29 is 9.84 Å². The number of hydrogen-bond donors (Lipinski definition) is 1. The number of aliphatic hydroxyl groups is 1. The number of hydrogen-bond acceptors (Lipinski definition) is 2. The first-order valence-corrected chi connectivity index (χ1v) is 5.65. The Bertz CT molecular complexity index is 289. The zero-order valence-corrected chi connectivity index (χ0v) is 10.3. The van der Waals surface area contributed by atoms with E-state index in [1.165, 1.54) is 7.11 Å². The SMILES string of the molecule is COC(O)c1cc(Br)ccc1CBr. The van der Waals surface area contributed by atoms with Crippen LogP contribution in [0.5, 0.6) is 0 Å². The highest BCUT2D eigenvalue weighted by Crippen LogP contribution is 2.24. The van der Waals surface area contributed by atoms with Gasteiger partial charge in [0.2, 0.25) is 0 Å². The van der Waals surface area contributed by atoms with Crippen LogP contribution in [0.4, 0.5) is 0 Å². The Hall–Kier alpha value is 0.1000. The van der Waals surface area contributed by atoms with E-state index in [0.717, 1.165) is 15.6 Å². The molecular weight excluding hydrogens is 300 g/mol. The molecule has 72 valence electrons. The van der Waals surface area contributed by atoms with E-state index in [2.05, 4.69) is 31.9 Å². The van der Waals surface area contributed by atoms with Crippen LogP contribution in [0.25, 0.3) is 0 Å². The Kier molecular flexibility index (Phi) is 4.38. The average Bonchev–Trinajstić information content (AvgIpc) is 2.16. The highest BCUT2D eigenvalue weighted by molar-refractivity contribution is 9.10. The summed E-state index contributed by atoms with van der Waals surface area (Å²) in [7, 11) is 1.48. The summed E-state index contributed by atoms with van der Waals surface area (Å²) in [4.78, 5) is 0. The highest BCUT2D eigenvalue weighted by Gasteiger charge is 2.10. The molecule has 2 nitrogen and oxygen atoms in total. The van der Waals surface area contributed by atoms with Gasteiger partial charge in [0.25, 0.3) is 0 Å². The van der Waals surface area contributed by atoms with Gasteiger partial charge in [-0.3, -0.25) is 0 Å². The molecule has 1 atom stereocenters. The summed E-state index contributed by atoms with van der Waals surface area (Å²) in [5.41, 5.74) is 1.81. The maximum Gasteiger partial charge on any atom is 0.181 e. The molecule has 1 unspecified atom stereocenters. The quantitative estimate of drug-likeness (QED) is 0.687. The molecule has 0 saturated carbocycles. The predicted molar refractivity (Wildman–Crippen MR) is 58.7 cm³/mol. The van der Waals surface area contributed by atoms with Crippen molar-refractivity contribution in [1.29, 1.82) is 0 Å². The van der Waals surface area contributed by atoms with E-state index in [9.17, 15) is 5.11 Å². The largest absolute Gasteiger partial charge is 0.364 e. The molecule has 13 heavy (non-hydrogen) atoms. The third kappa shape index (κ3) is 2.77. The van der Waals surface area contributed by atoms with Crippen LogP contribution in [0.3, 0.4) is 0 Å². The van der Waals surface area contributed by atoms with Crippen molar-refractivity contribution in [3.63, 3.8) is 0 Å². The Labute approximate surface area is 94.2 Å². The van der Waals surface area contributed by atoms with Gasteiger partial charge >= 0.3 is 0 Å². The molecule has 4 heteroatoms. The Morgan fingerprint density at radius 3 is 2.77 bits per heavy atom. The monoisotopic (exact) mass is 308 g/mol. The lowest BCUT2D eigenvalue weighted by Gasteiger charge is -2.12. The maximum absolute atomic E-state index is 9.50. The van der Waals surface area contributed by atoms with Crippen LogP contribution < -0.4 is 0 Å².